The lowest BCUT2D eigenvalue weighted by molar-refractivity contribution is -0.000335. The van der Waals surface area contributed by atoms with Crippen molar-refractivity contribution in [2.24, 2.45) is 5.41 Å². The van der Waals surface area contributed by atoms with Gasteiger partial charge >= 0.3 is 0 Å². The van der Waals surface area contributed by atoms with Gasteiger partial charge in [0, 0.05) is 24.7 Å². The van der Waals surface area contributed by atoms with E-state index >= 15 is 0 Å². The van der Waals surface area contributed by atoms with Gasteiger partial charge in [-0.2, -0.15) is 5.10 Å². The molecule has 1 saturated heterocycles. The van der Waals surface area contributed by atoms with Crippen LogP contribution in [0.5, 0.6) is 0 Å². The Bertz CT molecular complexity index is 740. The van der Waals surface area contributed by atoms with Crippen molar-refractivity contribution in [3.05, 3.63) is 47.0 Å². The van der Waals surface area contributed by atoms with Gasteiger partial charge in [-0.25, -0.2) is 4.98 Å². The fraction of sp³-hybridized carbons (Fsp3) is 0.600. The van der Waals surface area contributed by atoms with E-state index in [4.69, 9.17) is 4.74 Å². The average Bonchev–Trinajstić information content (AvgIpc) is 3.16. The highest BCUT2D eigenvalue weighted by atomic mass is 16.5. The zero-order valence-corrected chi connectivity index (χ0v) is 15.4. The average molecular weight is 340 g/mol. The van der Waals surface area contributed by atoms with Crippen molar-refractivity contribution < 1.29 is 4.74 Å². The molecule has 1 spiro atoms. The van der Waals surface area contributed by atoms with Crippen LogP contribution in [-0.2, 0) is 23.1 Å². The molecule has 4 rings (SSSR count). The predicted molar refractivity (Wildman–Crippen MR) is 97.3 cm³/mol. The first-order chi connectivity index (χ1) is 12.0. The molecule has 1 fully saturated rings. The Morgan fingerprint density at radius 2 is 2.00 bits per heavy atom. The second kappa shape index (κ2) is 6.22. The molecule has 1 aromatic heterocycles. The molecular formula is C20H28N4O. The zero-order chi connectivity index (χ0) is 17.5. The maximum atomic E-state index is 5.65. The summed E-state index contributed by atoms with van der Waals surface area (Å²) in [7, 11) is 0. The van der Waals surface area contributed by atoms with E-state index in [9.17, 15) is 0 Å². The Hall–Kier alpha value is -1.72. The van der Waals surface area contributed by atoms with E-state index < -0.39 is 0 Å². The van der Waals surface area contributed by atoms with Crippen LogP contribution in [0.4, 0.5) is 0 Å². The van der Waals surface area contributed by atoms with Gasteiger partial charge in [-0.05, 0) is 35.8 Å². The molecule has 1 aliphatic carbocycles. The molecule has 0 bridgehead atoms. The molecule has 0 saturated carbocycles. The van der Waals surface area contributed by atoms with Gasteiger partial charge in [0.25, 0.3) is 0 Å². The minimum atomic E-state index is -0.0311. The van der Waals surface area contributed by atoms with Crippen molar-refractivity contribution >= 4 is 0 Å². The number of benzene rings is 1. The zero-order valence-electron chi connectivity index (χ0n) is 15.4. The molecule has 2 heterocycles. The minimum Gasteiger partial charge on any atom is -0.381 e. The van der Waals surface area contributed by atoms with Crippen LogP contribution in [-0.4, -0.2) is 28.4 Å². The van der Waals surface area contributed by atoms with Gasteiger partial charge in [-0.3, -0.25) is 5.10 Å². The summed E-state index contributed by atoms with van der Waals surface area (Å²) in [6.45, 7) is 8.85. The normalized spacial score (nSPS) is 22.3. The number of aromatic nitrogens is 3. The van der Waals surface area contributed by atoms with Crippen molar-refractivity contribution in [1.29, 1.82) is 0 Å². The number of nitrogens with zero attached hydrogens (tertiary/aromatic N) is 2. The lowest BCUT2D eigenvalue weighted by Crippen LogP contribution is -2.40. The fourth-order valence-electron chi connectivity index (χ4n) is 4.27. The van der Waals surface area contributed by atoms with Crippen LogP contribution in [0.15, 0.2) is 24.3 Å². The van der Waals surface area contributed by atoms with Crippen LogP contribution in [0, 0.1) is 5.41 Å². The van der Waals surface area contributed by atoms with Gasteiger partial charge in [0.05, 0.1) is 6.54 Å². The highest BCUT2D eigenvalue weighted by Gasteiger charge is 2.46. The fourth-order valence-corrected chi connectivity index (χ4v) is 4.27. The Labute approximate surface area is 149 Å². The van der Waals surface area contributed by atoms with Gasteiger partial charge in [-0.1, -0.05) is 45.0 Å². The summed E-state index contributed by atoms with van der Waals surface area (Å²) in [5.74, 6) is 1.79. The van der Waals surface area contributed by atoms with Gasteiger partial charge in [0.1, 0.15) is 5.82 Å². The van der Waals surface area contributed by atoms with Crippen molar-refractivity contribution in [3.63, 3.8) is 0 Å². The maximum absolute atomic E-state index is 5.65. The molecule has 0 amide bonds. The largest absolute Gasteiger partial charge is 0.381 e. The van der Waals surface area contributed by atoms with Gasteiger partial charge < -0.3 is 10.1 Å². The van der Waals surface area contributed by atoms with E-state index in [0.29, 0.717) is 12.6 Å². The summed E-state index contributed by atoms with van der Waals surface area (Å²) >= 11 is 0. The summed E-state index contributed by atoms with van der Waals surface area (Å²) in [4.78, 5) is 4.68. The third-order valence-electron chi connectivity index (χ3n) is 5.69. The molecule has 1 aromatic carbocycles. The van der Waals surface area contributed by atoms with Gasteiger partial charge in [0.15, 0.2) is 5.82 Å². The molecular weight excluding hydrogens is 312 g/mol. The SMILES string of the molecule is CC(C)(C)c1n[nH]c(CN[C@H]2c3ccccc3CC23CCOCC3)n1. The number of nitrogens with one attached hydrogen (secondary N) is 2. The Morgan fingerprint density at radius 1 is 1.24 bits per heavy atom. The minimum absolute atomic E-state index is 0.0311. The highest BCUT2D eigenvalue weighted by Crippen LogP contribution is 2.51. The molecule has 2 N–H and O–H groups in total. The lowest BCUT2D eigenvalue weighted by atomic mass is 9.74. The summed E-state index contributed by atoms with van der Waals surface area (Å²) in [6.07, 6.45) is 3.37. The van der Waals surface area contributed by atoms with E-state index in [1.54, 1.807) is 0 Å². The number of ether oxygens (including phenoxy) is 1. The Balaban J connectivity index is 1.55. The van der Waals surface area contributed by atoms with Crippen LogP contribution in [0.2, 0.25) is 0 Å². The van der Waals surface area contributed by atoms with E-state index in [1.807, 2.05) is 0 Å². The molecule has 2 aliphatic rings. The number of hydrogen-bond donors (Lipinski definition) is 2. The number of hydrogen-bond acceptors (Lipinski definition) is 4. The predicted octanol–water partition coefficient (Wildman–Crippen LogP) is 3.29. The monoisotopic (exact) mass is 340 g/mol. The molecule has 2 aromatic rings. The first-order valence-corrected chi connectivity index (χ1v) is 9.29. The van der Waals surface area contributed by atoms with E-state index in [-0.39, 0.29) is 10.8 Å². The third kappa shape index (κ3) is 3.11. The number of rotatable bonds is 3. The Kier molecular flexibility index (Phi) is 4.16. The molecule has 0 unspecified atom stereocenters. The molecule has 25 heavy (non-hydrogen) atoms. The number of aromatic amines is 1. The summed E-state index contributed by atoms with van der Waals surface area (Å²) in [5.41, 5.74) is 3.17. The maximum Gasteiger partial charge on any atom is 0.156 e. The van der Waals surface area contributed by atoms with Crippen molar-refractivity contribution in [1.82, 2.24) is 20.5 Å². The van der Waals surface area contributed by atoms with E-state index in [0.717, 1.165) is 44.1 Å². The standard InChI is InChI=1S/C20H28N4O/c1-19(2,3)18-22-16(23-24-18)13-21-17-15-7-5-4-6-14(15)12-20(17)8-10-25-11-9-20/h4-7,17,21H,8-13H2,1-3H3,(H,22,23,24)/t17-/m0/s1. The third-order valence-corrected chi connectivity index (χ3v) is 5.69. The number of fused-ring (bicyclic) bond motifs is 1. The van der Waals surface area contributed by atoms with Crippen LogP contribution in [0.1, 0.15) is 62.4 Å². The van der Waals surface area contributed by atoms with Crippen molar-refractivity contribution in [2.45, 2.75) is 58.0 Å². The quantitative estimate of drug-likeness (QED) is 0.900. The molecule has 5 nitrogen and oxygen atoms in total. The van der Waals surface area contributed by atoms with Crippen LogP contribution < -0.4 is 5.32 Å². The molecule has 5 heteroatoms. The smallest absolute Gasteiger partial charge is 0.156 e. The lowest BCUT2D eigenvalue weighted by Gasteiger charge is -2.39. The molecule has 134 valence electrons. The summed E-state index contributed by atoms with van der Waals surface area (Å²) in [6, 6.07) is 9.22. The number of H-pyrrole nitrogens is 1. The van der Waals surface area contributed by atoms with Crippen LogP contribution in [0.3, 0.4) is 0 Å². The van der Waals surface area contributed by atoms with Crippen molar-refractivity contribution in [3.8, 4) is 0 Å². The summed E-state index contributed by atoms with van der Waals surface area (Å²) in [5, 5.41) is 11.3. The van der Waals surface area contributed by atoms with Crippen molar-refractivity contribution in [2.75, 3.05) is 13.2 Å². The second-order valence-corrected chi connectivity index (χ2v) is 8.52. The molecule has 0 radical (unpaired) electrons. The van der Waals surface area contributed by atoms with E-state index in [1.165, 1.54) is 11.1 Å². The Morgan fingerprint density at radius 3 is 2.72 bits per heavy atom. The molecule has 1 aliphatic heterocycles. The highest BCUT2D eigenvalue weighted by molar-refractivity contribution is 5.38. The van der Waals surface area contributed by atoms with Crippen LogP contribution in [0.25, 0.3) is 0 Å². The topological polar surface area (TPSA) is 62.8 Å². The first-order valence-electron chi connectivity index (χ1n) is 9.29. The van der Waals surface area contributed by atoms with E-state index in [2.05, 4.69) is 65.5 Å². The summed E-state index contributed by atoms with van der Waals surface area (Å²) < 4.78 is 5.65. The van der Waals surface area contributed by atoms with Gasteiger partial charge in [-0.15, -0.1) is 0 Å². The first kappa shape index (κ1) is 16.7. The van der Waals surface area contributed by atoms with Crippen LogP contribution >= 0.6 is 0 Å². The second-order valence-electron chi connectivity index (χ2n) is 8.52. The molecule has 1 atom stereocenters. The van der Waals surface area contributed by atoms with Gasteiger partial charge in [0.2, 0.25) is 0 Å².